The number of rotatable bonds is 3. The SMILES string of the molecule is C/C=C/[C@@H]1C[C@@H](c2ccccc2)[C@H](C(=O)OC)N1C(=O)OC(C)(C)C. The highest BCUT2D eigenvalue weighted by Gasteiger charge is 2.49. The van der Waals surface area contributed by atoms with Gasteiger partial charge in [0.15, 0.2) is 0 Å². The van der Waals surface area contributed by atoms with Crippen LogP contribution in [0.25, 0.3) is 0 Å². The molecule has 1 aliphatic heterocycles. The van der Waals surface area contributed by atoms with Gasteiger partial charge in [0.05, 0.1) is 13.2 Å². The van der Waals surface area contributed by atoms with Crippen LogP contribution in [-0.4, -0.2) is 41.8 Å². The largest absolute Gasteiger partial charge is 0.467 e. The topological polar surface area (TPSA) is 55.8 Å². The first-order valence-electron chi connectivity index (χ1n) is 8.55. The van der Waals surface area contributed by atoms with E-state index in [-0.39, 0.29) is 12.0 Å². The molecule has 2 rings (SSSR count). The number of hydrogen-bond donors (Lipinski definition) is 0. The molecule has 0 unspecified atom stereocenters. The predicted molar refractivity (Wildman–Crippen MR) is 96.3 cm³/mol. The standard InChI is InChI=1S/C20H27NO4/c1-6-10-15-13-16(14-11-8-7-9-12-14)17(18(22)24-5)21(15)19(23)25-20(2,3)4/h6-12,15-17H,13H2,1-5H3/b10-6+/t15-,16+,17-/m1/s1. The van der Waals surface area contributed by atoms with Crippen LogP contribution in [0.4, 0.5) is 4.79 Å². The van der Waals surface area contributed by atoms with Gasteiger partial charge in [-0.25, -0.2) is 9.59 Å². The Morgan fingerprint density at radius 2 is 1.84 bits per heavy atom. The van der Waals surface area contributed by atoms with Gasteiger partial charge in [-0.3, -0.25) is 4.90 Å². The van der Waals surface area contributed by atoms with Gasteiger partial charge in [0.1, 0.15) is 11.6 Å². The van der Waals surface area contributed by atoms with E-state index in [2.05, 4.69) is 0 Å². The molecule has 0 saturated carbocycles. The van der Waals surface area contributed by atoms with Gasteiger partial charge in [-0.2, -0.15) is 0 Å². The van der Waals surface area contributed by atoms with Crippen LogP contribution in [0, 0.1) is 0 Å². The number of carbonyl (C=O) groups is 2. The van der Waals surface area contributed by atoms with Crippen molar-refractivity contribution in [3.63, 3.8) is 0 Å². The third-order valence-electron chi connectivity index (χ3n) is 4.22. The fraction of sp³-hybridized carbons (Fsp3) is 0.500. The molecule has 0 N–H and O–H groups in total. The zero-order valence-corrected chi connectivity index (χ0v) is 15.6. The molecule has 0 spiro atoms. The molecule has 3 atom stereocenters. The minimum atomic E-state index is -0.705. The number of nitrogens with zero attached hydrogens (tertiary/aromatic N) is 1. The molecule has 1 fully saturated rings. The molecule has 1 amide bonds. The van der Waals surface area contributed by atoms with Crippen LogP contribution in [0.5, 0.6) is 0 Å². The first kappa shape index (κ1) is 19.0. The van der Waals surface area contributed by atoms with Gasteiger partial charge in [-0.05, 0) is 39.7 Å². The van der Waals surface area contributed by atoms with Crippen LogP contribution in [0.3, 0.4) is 0 Å². The van der Waals surface area contributed by atoms with E-state index >= 15 is 0 Å². The second kappa shape index (κ2) is 7.72. The molecule has 1 heterocycles. The van der Waals surface area contributed by atoms with Crippen molar-refractivity contribution >= 4 is 12.1 Å². The Hall–Kier alpha value is -2.30. The average molecular weight is 345 g/mol. The Bertz CT molecular complexity index is 633. The minimum Gasteiger partial charge on any atom is -0.467 e. The lowest BCUT2D eigenvalue weighted by molar-refractivity contribution is -0.146. The molecular weight excluding hydrogens is 318 g/mol. The van der Waals surface area contributed by atoms with Gasteiger partial charge in [0.2, 0.25) is 0 Å². The van der Waals surface area contributed by atoms with Crippen molar-refractivity contribution in [2.45, 2.75) is 57.7 Å². The van der Waals surface area contributed by atoms with Crippen molar-refractivity contribution in [2.24, 2.45) is 0 Å². The van der Waals surface area contributed by atoms with Crippen LogP contribution < -0.4 is 0 Å². The summed E-state index contributed by atoms with van der Waals surface area (Å²) < 4.78 is 10.6. The molecule has 25 heavy (non-hydrogen) atoms. The van der Waals surface area contributed by atoms with E-state index in [0.29, 0.717) is 6.42 Å². The van der Waals surface area contributed by atoms with E-state index in [1.165, 1.54) is 12.0 Å². The molecule has 0 bridgehead atoms. The summed E-state index contributed by atoms with van der Waals surface area (Å²) in [5.74, 6) is -0.561. The van der Waals surface area contributed by atoms with Crippen molar-refractivity contribution in [2.75, 3.05) is 7.11 Å². The predicted octanol–water partition coefficient (Wildman–Crippen LogP) is 3.90. The lowest BCUT2D eigenvalue weighted by atomic mass is 9.90. The second-order valence-corrected chi connectivity index (χ2v) is 7.20. The molecule has 1 aliphatic rings. The van der Waals surface area contributed by atoms with Crippen molar-refractivity contribution in [1.29, 1.82) is 0 Å². The minimum absolute atomic E-state index is 0.137. The summed E-state index contributed by atoms with van der Waals surface area (Å²) in [6, 6.07) is 8.84. The van der Waals surface area contributed by atoms with Crippen LogP contribution in [0.2, 0.25) is 0 Å². The highest BCUT2D eigenvalue weighted by atomic mass is 16.6. The zero-order chi connectivity index (χ0) is 18.6. The van der Waals surface area contributed by atoms with Gasteiger partial charge in [0.25, 0.3) is 0 Å². The fourth-order valence-electron chi connectivity index (χ4n) is 3.28. The first-order valence-corrected chi connectivity index (χ1v) is 8.55. The van der Waals surface area contributed by atoms with Crippen molar-refractivity contribution in [3.8, 4) is 0 Å². The smallest absolute Gasteiger partial charge is 0.411 e. The van der Waals surface area contributed by atoms with Gasteiger partial charge < -0.3 is 9.47 Å². The Labute approximate surface area is 149 Å². The number of ether oxygens (including phenoxy) is 2. The molecule has 1 aromatic carbocycles. The van der Waals surface area contributed by atoms with Gasteiger partial charge in [-0.1, -0.05) is 42.5 Å². The molecule has 5 heteroatoms. The van der Waals surface area contributed by atoms with Crippen molar-refractivity contribution in [3.05, 3.63) is 48.0 Å². The Morgan fingerprint density at radius 1 is 1.20 bits per heavy atom. The maximum atomic E-state index is 12.8. The maximum absolute atomic E-state index is 12.8. The van der Waals surface area contributed by atoms with E-state index < -0.39 is 23.7 Å². The number of carbonyl (C=O) groups excluding carboxylic acids is 2. The quantitative estimate of drug-likeness (QED) is 0.616. The molecule has 0 radical (unpaired) electrons. The summed E-state index contributed by atoms with van der Waals surface area (Å²) >= 11 is 0. The van der Waals surface area contributed by atoms with E-state index in [1.54, 1.807) is 0 Å². The number of amides is 1. The van der Waals surface area contributed by atoms with Crippen molar-refractivity contribution < 1.29 is 19.1 Å². The number of esters is 1. The van der Waals surface area contributed by atoms with Crippen molar-refractivity contribution in [1.82, 2.24) is 4.90 Å². The van der Waals surface area contributed by atoms with E-state index in [0.717, 1.165) is 5.56 Å². The number of hydrogen-bond acceptors (Lipinski definition) is 4. The second-order valence-electron chi connectivity index (χ2n) is 7.20. The summed E-state index contributed by atoms with van der Waals surface area (Å²) in [6.45, 7) is 7.34. The average Bonchev–Trinajstić information content (AvgIpc) is 2.93. The Balaban J connectivity index is 2.44. The Kier molecular flexibility index (Phi) is 5.88. The number of methoxy groups -OCH3 is 1. The summed E-state index contributed by atoms with van der Waals surface area (Å²) in [4.78, 5) is 26.9. The lowest BCUT2D eigenvalue weighted by Gasteiger charge is -2.31. The molecular formula is C20H27NO4. The summed E-state index contributed by atoms with van der Waals surface area (Å²) in [5.41, 5.74) is 0.377. The van der Waals surface area contributed by atoms with Gasteiger partial charge >= 0.3 is 12.1 Å². The maximum Gasteiger partial charge on any atom is 0.411 e. The molecule has 136 valence electrons. The number of likely N-dealkylation sites (tertiary alicyclic amines) is 1. The molecule has 0 aromatic heterocycles. The third-order valence-corrected chi connectivity index (χ3v) is 4.22. The zero-order valence-electron chi connectivity index (χ0n) is 15.6. The van der Waals surface area contributed by atoms with Gasteiger partial charge in [0, 0.05) is 5.92 Å². The van der Waals surface area contributed by atoms with E-state index in [1.807, 2.05) is 70.2 Å². The summed E-state index contributed by atoms with van der Waals surface area (Å²) in [5, 5.41) is 0. The summed E-state index contributed by atoms with van der Waals surface area (Å²) in [6.07, 6.45) is 3.98. The van der Waals surface area contributed by atoms with E-state index in [9.17, 15) is 9.59 Å². The highest BCUT2D eigenvalue weighted by molar-refractivity contribution is 5.84. The van der Waals surface area contributed by atoms with E-state index in [4.69, 9.17) is 9.47 Å². The summed E-state index contributed by atoms with van der Waals surface area (Å²) in [7, 11) is 1.35. The fourth-order valence-corrected chi connectivity index (χ4v) is 3.28. The highest BCUT2D eigenvalue weighted by Crippen LogP contribution is 2.39. The number of allylic oxidation sites excluding steroid dienone is 1. The first-order chi connectivity index (χ1) is 11.8. The molecule has 1 aromatic rings. The monoisotopic (exact) mass is 345 g/mol. The number of benzene rings is 1. The van der Waals surface area contributed by atoms with Crippen LogP contribution in [0.15, 0.2) is 42.5 Å². The van der Waals surface area contributed by atoms with Crippen LogP contribution in [0.1, 0.15) is 45.6 Å². The van der Waals surface area contributed by atoms with Gasteiger partial charge in [-0.15, -0.1) is 0 Å². The third kappa shape index (κ3) is 4.41. The molecule has 1 saturated heterocycles. The van der Waals surface area contributed by atoms with Crippen LogP contribution in [-0.2, 0) is 14.3 Å². The molecule has 0 aliphatic carbocycles. The Morgan fingerprint density at radius 3 is 2.36 bits per heavy atom. The van der Waals surface area contributed by atoms with Crippen LogP contribution >= 0.6 is 0 Å². The lowest BCUT2D eigenvalue weighted by Crippen LogP contribution is -2.48. The normalized spacial score (nSPS) is 23.7. The molecule has 5 nitrogen and oxygen atoms in total.